The number of fused-ring (bicyclic) bond motifs is 1. The van der Waals surface area contributed by atoms with Gasteiger partial charge in [0.15, 0.2) is 6.26 Å². The van der Waals surface area contributed by atoms with Gasteiger partial charge in [0.2, 0.25) is 0 Å². The summed E-state index contributed by atoms with van der Waals surface area (Å²) in [6, 6.07) is 5.74. The maximum Gasteiger partial charge on any atom is 0.177 e. The highest BCUT2D eigenvalue weighted by molar-refractivity contribution is 5.86. The summed E-state index contributed by atoms with van der Waals surface area (Å²) in [5, 5.41) is 1.92. The fraction of sp³-hybridized carbons (Fsp3) is 0.111. The van der Waals surface area contributed by atoms with Crippen molar-refractivity contribution in [3.8, 4) is 5.75 Å². The molecule has 0 fully saturated rings. The average molecular weight is 147 g/mol. The van der Waals surface area contributed by atoms with Crippen molar-refractivity contribution in [2.24, 2.45) is 0 Å². The highest BCUT2D eigenvalue weighted by atomic mass is 16.5. The van der Waals surface area contributed by atoms with Crippen LogP contribution in [0.15, 0.2) is 28.9 Å². The Kier molecular flexibility index (Phi) is 1.32. The second-order valence-corrected chi connectivity index (χ2v) is 2.26. The lowest BCUT2D eigenvalue weighted by Gasteiger charge is -1.97. The summed E-state index contributed by atoms with van der Waals surface area (Å²) in [5.41, 5.74) is 0. The van der Waals surface area contributed by atoms with E-state index in [2.05, 4.69) is 6.26 Å². The molecule has 0 saturated heterocycles. The molecule has 0 aliphatic heterocycles. The van der Waals surface area contributed by atoms with Crippen LogP contribution in [-0.4, -0.2) is 7.11 Å². The Labute approximate surface area is 64.4 Å². The van der Waals surface area contributed by atoms with E-state index < -0.39 is 0 Å². The minimum absolute atomic E-state index is 0.826. The van der Waals surface area contributed by atoms with Crippen molar-refractivity contribution in [2.75, 3.05) is 7.11 Å². The van der Waals surface area contributed by atoms with E-state index in [9.17, 15) is 0 Å². The van der Waals surface area contributed by atoms with Gasteiger partial charge in [0, 0.05) is 5.39 Å². The molecule has 0 N–H and O–H groups in total. The molecule has 1 heterocycles. The van der Waals surface area contributed by atoms with E-state index in [1.807, 2.05) is 18.2 Å². The van der Waals surface area contributed by atoms with Gasteiger partial charge in [-0.15, -0.1) is 0 Å². The van der Waals surface area contributed by atoms with Gasteiger partial charge in [0.1, 0.15) is 12.0 Å². The number of benzene rings is 1. The summed E-state index contributed by atoms with van der Waals surface area (Å²) < 4.78 is 10.0. The molecular formula is C9H7O2. The van der Waals surface area contributed by atoms with Crippen molar-refractivity contribution < 1.29 is 9.15 Å². The molecule has 0 aliphatic rings. The Morgan fingerprint density at radius 1 is 1.45 bits per heavy atom. The molecule has 0 spiro atoms. The molecule has 0 unspecified atom stereocenters. The van der Waals surface area contributed by atoms with Crippen LogP contribution in [0.5, 0.6) is 5.75 Å². The van der Waals surface area contributed by atoms with E-state index in [-0.39, 0.29) is 0 Å². The lowest BCUT2D eigenvalue weighted by molar-refractivity contribution is 0.419. The quantitative estimate of drug-likeness (QED) is 0.617. The molecule has 2 aromatic rings. The Balaban J connectivity index is 2.79. The van der Waals surface area contributed by atoms with Crippen LogP contribution in [0, 0.1) is 6.26 Å². The second-order valence-electron chi connectivity index (χ2n) is 2.26. The molecule has 1 radical (unpaired) electrons. The van der Waals surface area contributed by atoms with Gasteiger partial charge >= 0.3 is 0 Å². The molecule has 2 heteroatoms. The minimum atomic E-state index is 0.826. The Bertz CT molecular complexity index is 362. The molecule has 1 aromatic heterocycles. The number of ether oxygens (including phenoxy) is 1. The van der Waals surface area contributed by atoms with Gasteiger partial charge in [-0.05, 0) is 6.07 Å². The Hall–Kier alpha value is -1.44. The van der Waals surface area contributed by atoms with E-state index in [0.29, 0.717) is 0 Å². The molecular weight excluding hydrogens is 140 g/mol. The minimum Gasteiger partial charge on any atom is -0.496 e. The van der Waals surface area contributed by atoms with Crippen LogP contribution >= 0.6 is 0 Å². The van der Waals surface area contributed by atoms with E-state index in [1.54, 1.807) is 13.4 Å². The van der Waals surface area contributed by atoms with Gasteiger partial charge in [0.05, 0.1) is 12.5 Å². The van der Waals surface area contributed by atoms with Gasteiger partial charge in [-0.3, -0.25) is 0 Å². The SMILES string of the molecule is COc1cccc2[c]occ12. The van der Waals surface area contributed by atoms with Crippen LogP contribution in [0.4, 0.5) is 0 Å². The molecule has 2 nitrogen and oxygen atoms in total. The Morgan fingerprint density at radius 2 is 2.36 bits per heavy atom. The predicted molar refractivity (Wildman–Crippen MR) is 41.6 cm³/mol. The zero-order valence-electron chi connectivity index (χ0n) is 6.13. The lowest BCUT2D eigenvalue weighted by Crippen LogP contribution is -1.81. The normalized spacial score (nSPS) is 10.3. The molecule has 0 amide bonds. The van der Waals surface area contributed by atoms with Crippen molar-refractivity contribution in [3.05, 3.63) is 30.7 Å². The van der Waals surface area contributed by atoms with Crippen molar-refractivity contribution in [2.45, 2.75) is 0 Å². The third-order valence-corrected chi connectivity index (χ3v) is 1.63. The number of hydrogen-bond donors (Lipinski definition) is 0. The van der Waals surface area contributed by atoms with Crippen LogP contribution in [0.3, 0.4) is 0 Å². The smallest absolute Gasteiger partial charge is 0.177 e. The number of methoxy groups -OCH3 is 1. The van der Waals surface area contributed by atoms with Crippen molar-refractivity contribution in [1.29, 1.82) is 0 Å². The second kappa shape index (κ2) is 2.31. The molecule has 0 saturated carbocycles. The molecule has 0 atom stereocenters. The first kappa shape index (κ1) is 6.28. The number of rotatable bonds is 1. The van der Waals surface area contributed by atoms with E-state index in [0.717, 1.165) is 16.5 Å². The lowest BCUT2D eigenvalue weighted by atomic mass is 10.2. The van der Waals surface area contributed by atoms with Crippen LogP contribution < -0.4 is 4.74 Å². The van der Waals surface area contributed by atoms with Gasteiger partial charge < -0.3 is 9.15 Å². The first-order valence-electron chi connectivity index (χ1n) is 3.33. The standard InChI is InChI=1S/C9H7O2/c1-10-9-4-2-3-7-5-11-6-8(7)9/h2-4,6H,1H3. The fourth-order valence-corrected chi connectivity index (χ4v) is 1.08. The number of hydrogen-bond acceptors (Lipinski definition) is 2. The van der Waals surface area contributed by atoms with E-state index >= 15 is 0 Å². The molecule has 55 valence electrons. The van der Waals surface area contributed by atoms with Gasteiger partial charge in [0.25, 0.3) is 0 Å². The van der Waals surface area contributed by atoms with E-state index in [4.69, 9.17) is 9.15 Å². The zero-order chi connectivity index (χ0) is 7.68. The predicted octanol–water partition coefficient (Wildman–Crippen LogP) is 2.24. The monoisotopic (exact) mass is 147 g/mol. The Morgan fingerprint density at radius 3 is 3.18 bits per heavy atom. The van der Waals surface area contributed by atoms with Crippen molar-refractivity contribution in [1.82, 2.24) is 0 Å². The van der Waals surface area contributed by atoms with Crippen LogP contribution in [-0.2, 0) is 0 Å². The molecule has 0 bridgehead atoms. The fourth-order valence-electron chi connectivity index (χ4n) is 1.08. The highest BCUT2D eigenvalue weighted by Crippen LogP contribution is 2.24. The molecule has 0 aliphatic carbocycles. The van der Waals surface area contributed by atoms with E-state index in [1.165, 1.54) is 0 Å². The van der Waals surface area contributed by atoms with Gasteiger partial charge in [-0.1, -0.05) is 12.1 Å². The maximum atomic E-state index is 5.11. The average Bonchev–Trinajstić information content (AvgIpc) is 2.50. The molecule has 1 aromatic carbocycles. The summed E-state index contributed by atoms with van der Waals surface area (Å²) >= 11 is 0. The summed E-state index contributed by atoms with van der Waals surface area (Å²) in [6.07, 6.45) is 4.37. The largest absolute Gasteiger partial charge is 0.496 e. The number of furan rings is 1. The van der Waals surface area contributed by atoms with Crippen LogP contribution in [0.2, 0.25) is 0 Å². The first-order valence-corrected chi connectivity index (χ1v) is 3.33. The highest BCUT2D eigenvalue weighted by Gasteiger charge is 2.01. The van der Waals surface area contributed by atoms with Gasteiger partial charge in [-0.2, -0.15) is 0 Å². The maximum absolute atomic E-state index is 5.11. The van der Waals surface area contributed by atoms with Crippen molar-refractivity contribution in [3.63, 3.8) is 0 Å². The van der Waals surface area contributed by atoms with Crippen LogP contribution in [0.25, 0.3) is 10.8 Å². The van der Waals surface area contributed by atoms with Crippen molar-refractivity contribution >= 4 is 10.8 Å². The van der Waals surface area contributed by atoms with Gasteiger partial charge in [-0.25, -0.2) is 0 Å². The molecule has 2 rings (SSSR count). The first-order chi connectivity index (χ1) is 5.42. The third kappa shape index (κ3) is 0.871. The third-order valence-electron chi connectivity index (χ3n) is 1.63. The zero-order valence-corrected chi connectivity index (χ0v) is 6.13. The topological polar surface area (TPSA) is 22.4 Å². The molecule has 11 heavy (non-hydrogen) atoms. The summed E-state index contributed by atoms with van der Waals surface area (Å²) in [6.45, 7) is 0. The summed E-state index contributed by atoms with van der Waals surface area (Å²) in [7, 11) is 1.64. The summed E-state index contributed by atoms with van der Waals surface area (Å²) in [5.74, 6) is 0.826. The van der Waals surface area contributed by atoms with Crippen LogP contribution in [0.1, 0.15) is 0 Å². The summed E-state index contributed by atoms with van der Waals surface area (Å²) in [4.78, 5) is 0.